The Bertz CT molecular complexity index is 499. The van der Waals surface area contributed by atoms with E-state index in [4.69, 9.17) is 0 Å². The Morgan fingerprint density at radius 3 is 2.84 bits per heavy atom. The topological polar surface area (TPSA) is 29.9 Å². The fourth-order valence-electron chi connectivity index (χ4n) is 2.34. The molecule has 0 radical (unpaired) electrons. The summed E-state index contributed by atoms with van der Waals surface area (Å²) in [6, 6.07) is 4.75. The first-order valence-electron chi connectivity index (χ1n) is 6.84. The van der Waals surface area contributed by atoms with Gasteiger partial charge >= 0.3 is 0 Å². The van der Waals surface area contributed by atoms with Crippen LogP contribution in [-0.2, 0) is 5.54 Å². The fourth-order valence-corrected chi connectivity index (χ4v) is 3.20. The molecule has 3 nitrogen and oxygen atoms in total. The van der Waals surface area contributed by atoms with Gasteiger partial charge in [0.05, 0.1) is 29.8 Å². The van der Waals surface area contributed by atoms with Crippen molar-refractivity contribution in [2.45, 2.75) is 45.2 Å². The predicted octanol–water partition coefficient (Wildman–Crippen LogP) is 3.79. The maximum absolute atomic E-state index is 4.38. The molecular weight excluding hydrogens is 254 g/mol. The van der Waals surface area contributed by atoms with Crippen LogP contribution in [0.4, 0.5) is 0 Å². The highest BCUT2D eigenvalue weighted by Crippen LogP contribution is 2.31. The first kappa shape index (κ1) is 14.3. The lowest BCUT2D eigenvalue weighted by molar-refractivity contribution is 0.391. The second kappa shape index (κ2) is 5.88. The summed E-state index contributed by atoms with van der Waals surface area (Å²) in [4.78, 5) is 5.79. The number of imidazole rings is 1. The van der Waals surface area contributed by atoms with Crippen molar-refractivity contribution in [2.75, 3.05) is 7.05 Å². The van der Waals surface area contributed by atoms with Gasteiger partial charge in [0.25, 0.3) is 0 Å². The summed E-state index contributed by atoms with van der Waals surface area (Å²) in [5, 5.41) is 5.52. The molecule has 0 spiro atoms. The van der Waals surface area contributed by atoms with Crippen LogP contribution < -0.4 is 5.32 Å². The van der Waals surface area contributed by atoms with Crippen LogP contribution in [0.1, 0.15) is 50.2 Å². The third kappa shape index (κ3) is 2.90. The number of nitrogens with zero attached hydrogens (tertiary/aromatic N) is 2. The van der Waals surface area contributed by atoms with Crippen LogP contribution in [0.15, 0.2) is 30.0 Å². The molecule has 0 saturated heterocycles. The predicted molar refractivity (Wildman–Crippen MR) is 81.7 cm³/mol. The van der Waals surface area contributed by atoms with Gasteiger partial charge in [-0.15, -0.1) is 11.3 Å². The first-order valence-corrected chi connectivity index (χ1v) is 7.72. The van der Waals surface area contributed by atoms with Gasteiger partial charge in [-0.2, -0.15) is 0 Å². The molecule has 0 bridgehead atoms. The molecule has 0 saturated carbocycles. The molecule has 2 aromatic heterocycles. The maximum atomic E-state index is 4.38. The zero-order valence-electron chi connectivity index (χ0n) is 12.2. The summed E-state index contributed by atoms with van der Waals surface area (Å²) in [7, 11) is 2.00. The number of hydrogen-bond acceptors (Lipinski definition) is 3. The molecule has 0 aromatic carbocycles. The van der Waals surface area contributed by atoms with Crippen LogP contribution in [0.25, 0.3) is 0 Å². The van der Waals surface area contributed by atoms with Gasteiger partial charge in [0.15, 0.2) is 0 Å². The summed E-state index contributed by atoms with van der Waals surface area (Å²) in [6.07, 6.45) is 6.26. The Labute approximate surface area is 119 Å². The Kier molecular flexibility index (Phi) is 4.42. The van der Waals surface area contributed by atoms with Crippen molar-refractivity contribution in [1.29, 1.82) is 0 Å². The highest BCUT2D eigenvalue weighted by molar-refractivity contribution is 7.10. The third-order valence-electron chi connectivity index (χ3n) is 3.70. The van der Waals surface area contributed by atoms with Gasteiger partial charge in [-0.3, -0.25) is 0 Å². The summed E-state index contributed by atoms with van der Waals surface area (Å²) in [5.74, 6) is 0. The fraction of sp³-hybridized carbons (Fsp3) is 0.533. The number of aromatic nitrogens is 2. The van der Waals surface area contributed by atoms with Gasteiger partial charge in [-0.25, -0.2) is 4.98 Å². The SMILES string of the molecule is CCCC(c1cccs1)n1cncc1C(C)(C)NC. The zero-order valence-corrected chi connectivity index (χ0v) is 13.0. The second-order valence-corrected chi connectivity index (χ2v) is 6.36. The minimum Gasteiger partial charge on any atom is -0.325 e. The Balaban J connectivity index is 2.41. The molecule has 0 fully saturated rings. The second-order valence-electron chi connectivity index (χ2n) is 5.38. The van der Waals surface area contributed by atoms with Crippen LogP contribution in [0, 0.1) is 0 Å². The van der Waals surface area contributed by atoms with Crippen LogP contribution in [0.2, 0.25) is 0 Å². The van der Waals surface area contributed by atoms with Crippen LogP contribution >= 0.6 is 11.3 Å². The van der Waals surface area contributed by atoms with Crippen molar-refractivity contribution < 1.29 is 0 Å². The largest absolute Gasteiger partial charge is 0.325 e. The molecule has 2 aromatic rings. The number of nitrogens with one attached hydrogen (secondary N) is 1. The quantitative estimate of drug-likeness (QED) is 0.870. The molecule has 4 heteroatoms. The molecule has 0 aliphatic heterocycles. The van der Waals surface area contributed by atoms with Crippen LogP contribution in [0.3, 0.4) is 0 Å². The van der Waals surface area contributed by atoms with E-state index in [1.165, 1.54) is 17.0 Å². The standard InChI is InChI=1S/C15H23N3S/c1-5-7-12(13-8-6-9-19-13)18-11-17-10-14(18)15(2,3)16-4/h6,8-12,16H,5,7H2,1-4H3. The molecule has 1 atom stereocenters. The lowest BCUT2D eigenvalue weighted by Gasteiger charge is -2.29. The molecule has 0 aliphatic rings. The van der Waals surface area contributed by atoms with E-state index in [9.17, 15) is 0 Å². The molecular formula is C15H23N3S. The monoisotopic (exact) mass is 277 g/mol. The molecule has 0 amide bonds. The van der Waals surface area contributed by atoms with E-state index in [0.29, 0.717) is 6.04 Å². The van der Waals surface area contributed by atoms with Crippen LogP contribution in [-0.4, -0.2) is 16.6 Å². The summed E-state index contributed by atoms with van der Waals surface area (Å²) in [5.41, 5.74) is 1.17. The molecule has 1 unspecified atom stereocenters. The molecule has 1 N–H and O–H groups in total. The number of rotatable bonds is 6. The van der Waals surface area contributed by atoms with E-state index < -0.39 is 0 Å². The first-order chi connectivity index (χ1) is 9.10. The van der Waals surface area contributed by atoms with Gasteiger partial charge < -0.3 is 9.88 Å². The van der Waals surface area contributed by atoms with Gasteiger partial charge in [0.2, 0.25) is 0 Å². The molecule has 0 aliphatic carbocycles. The minimum atomic E-state index is -0.0697. The van der Waals surface area contributed by atoms with Crippen molar-refractivity contribution in [1.82, 2.24) is 14.9 Å². The van der Waals surface area contributed by atoms with E-state index in [2.05, 4.69) is 53.2 Å². The average molecular weight is 277 g/mol. The van der Waals surface area contributed by atoms with Crippen LogP contribution in [0.5, 0.6) is 0 Å². The highest BCUT2D eigenvalue weighted by Gasteiger charge is 2.26. The van der Waals surface area contributed by atoms with Gasteiger partial charge in [-0.1, -0.05) is 19.4 Å². The lowest BCUT2D eigenvalue weighted by Crippen LogP contribution is -2.36. The van der Waals surface area contributed by atoms with Crippen molar-refractivity contribution in [3.63, 3.8) is 0 Å². The van der Waals surface area contributed by atoms with E-state index in [0.717, 1.165) is 6.42 Å². The van der Waals surface area contributed by atoms with E-state index >= 15 is 0 Å². The summed E-state index contributed by atoms with van der Waals surface area (Å²) in [6.45, 7) is 6.62. The molecule has 104 valence electrons. The summed E-state index contributed by atoms with van der Waals surface area (Å²) < 4.78 is 2.33. The number of hydrogen-bond donors (Lipinski definition) is 1. The summed E-state index contributed by atoms with van der Waals surface area (Å²) >= 11 is 1.83. The van der Waals surface area contributed by atoms with Crippen molar-refractivity contribution in [3.8, 4) is 0 Å². The van der Waals surface area contributed by atoms with Gasteiger partial charge in [0, 0.05) is 4.88 Å². The van der Waals surface area contributed by atoms with E-state index in [1.54, 1.807) is 0 Å². The smallest absolute Gasteiger partial charge is 0.0954 e. The minimum absolute atomic E-state index is 0.0697. The van der Waals surface area contributed by atoms with Crippen molar-refractivity contribution in [2.24, 2.45) is 0 Å². The lowest BCUT2D eigenvalue weighted by atomic mass is 10.00. The zero-order chi connectivity index (χ0) is 13.9. The van der Waals surface area contributed by atoms with Gasteiger partial charge in [-0.05, 0) is 38.8 Å². The molecule has 2 rings (SSSR count). The highest BCUT2D eigenvalue weighted by atomic mass is 32.1. The Morgan fingerprint density at radius 1 is 1.47 bits per heavy atom. The third-order valence-corrected chi connectivity index (χ3v) is 4.67. The molecule has 2 heterocycles. The van der Waals surface area contributed by atoms with E-state index in [-0.39, 0.29) is 5.54 Å². The Hall–Kier alpha value is -1.13. The Morgan fingerprint density at radius 2 is 2.26 bits per heavy atom. The van der Waals surface area contributed by atoms with Gasteiger partial charge in [0.1, 0.15) is 0 Å². The van der Waals surface area contributed by atoms with E-state index in [1.807, 2.05) is 30.9 Å². The average Bonchev–Trinajstić information content (AvgIpc) is 3.07. The van der Waals surface area contributed by atoms with Crippen molar-refractivity contribution >= 4 is 11.3 Å². The maximum Gasteiger partial charge on any atom is 0.0954 e. The number of thiophene rings is 1. The van der Waals surface area contributed by atoms with Crippen molar-refractivity contribution in [3.05, 3.63) is 40.6 Å². The molecule has 19 heavy (non-hydrogen) atoms. The normalized spacial score (nSPS) is 13.7.